The lowest BCUT2D eigenvalue weighted by molar-refractivity contribution is -0.115. The van der Waals surface area contributed by atoms with Crippen molar-refractivity contribution in [1.82, 2.24) is 14.5 Å². The largest absolute Gasteiger partial charge is 0.322 e. The molecule has 152 valence electrons. The van der Waals surface area contributed by atoms with E-state index in [9.17, 15) is 4.79 Å². The van der Waals surface area contributed by atoms with Crippen molar-refractivity contribution in [1.29, 1.82) is 0 Å². The number of nitrogens with one attached hydrogen (secondary N) is 1. The smallest absolute Gasteiger partial charge is 0.237 e. The number of fused-ring (bicyclic) bond motifs is 1. The molecule has 2 aromatic heterocycles. The summed E-state index contributed by atoms with van der Waals surface area (Å²) in [5.74, 6) is -0.142. The molecule has 0 aliphatic carbocycles. The zero-order valence-electron chi connectivity index (χ0n) is 16.5. The van der Waals surface area contributed by atoms with E-state index in [0.29, 0.717) is 5.69 Å². The van der Waals surface area contributed by atoms with Gasteiger partial charge in [0, 0.05) is 12.7 Å². The monoisotopic (exact) mass is 436 g/mol. The van der Waals surface area contributed by atoms with Gasteiger partial charge in [-0.25, -0.2) is 9.97 Å². The summed E-state index contributed by atoms with van der Waals surface area (Å²) in [6.45, 7) is 2.65. The van der Waals surface area contributed by atoms with Gasteiger partial charge in [0.05, 0.1) is 22.0 Å². The maximum Gasteiger partial charge on any atom is 0.237 e. The van der Waals surface area contributed by atoms with Crippen LogP contribution < -0.4 is 5.32 Å². The molecule has 1 atom stereocenters. The lowest BCUT2D eigenvalue weighted by atomic mass is 10.1. The van der Waals surface area contributed by atoms with Crippen molar-refractivity contribution >= 4 is 46.0 Å². The number of carbonyl (C=O) groups is 1. The third-order valence-electron chi connectivity index (χ3n) is 4.75. The third kappa shape index (κ3) is 4.66. The van der Waals surface area contributed by atoms with E-state index >= 15 is 0 Å². The van der Waals surface area contributed by atoms with Crippen molar-refractivity contribution in [2.45, 2.75) is 30.3 Å². The molecule has 2 heterocycles. The first kappa shape index (κ1) is 20.4. The molecule has 0 aliphatic rings. The number of aromatic nitrogens is 3. The number of hydrogen-bond donors (Lipinski definition) is 1. The summed E-state index contributed by atoms with van der Waals surface area (Å²) in [4.78, 5) is 21.5. The van der Waals surface area contributed by atoms with Crippen LogP contribution in [-0.4, -0.2) is 25.7 Å². The molecule has 0 radical (unpaired) electrons. The van der Waals surface area contributed by atoms with Crippen LogP contribution >= 0.6 is 23.4 Å². The van der Waals surface area contributed by atoms with E-state index < -0.39 is 0 Å². The van der Waals surface area contributed by atoms with E-state index in [1.165, 1.54) is 17.3 Å². The Labute approximate surface area is 184 Å². The average Bonchev–Trinajstić information content (AvgIpc) is 3.11. The van der Waals surface area contributed by atoms with Crippen molar-refractivity contribution < 1.29 is 4.79 Å². The van der Waals surface area contributed by atoms with Crippen molar-refractivity contribution in [2.24, 2.45) is 0 Å². The first-order valence-corrected chi connectivity index (χ1v) is 10.9. The van der Waals surface area contributed by atoms with Crippen LogP contribution in [0, 0.1) is 0 Å². The first-order valence-electron chi connectivity index (χ1n) is 9.69. The van der Waals surface area contributed by atoms with Crippen LogP contribution in [0.3, 0.4) is 0 Å². The normalized spacial score (nSPS) is 12.1. The first-order chi connectivity index (χ1) is 14.6. The molecule has 0 bridgehead atoms. The summed E-state index contributed by atoms with van der Waals surface area (Å²) in [6.07, 6.45) is 2.48. The van der Waals surface area contributed by atoms with Gasteiger partial charge >= 0.3 is 0 Å². The lowest BCUT2D eigenvalue weighted by Gasteiger charge is -2.14. The second kappa shape index (κ2) is 9.32. The molecule has 0 spiro atoms. The standard InChI is InChI=1S/C23H21ClN4OS/c1-16(22(29)26-19-11-7-14-25-21(19)24)30-23-27-18-10-5-6-12-20(18)28(23)15-13-17-8-3-2-4-9-17/h2-12,14,16H,13,15H2,1H3,(H,26,29). The van der Waals surface area contributed by atoms with Crippen molar-refractivity contribution in [2.75, 3.05) is 5.32 Å². The van der Waals surface area contributed by atoms with Crippen molar-refractivity contribution in [3.05, 3.63) is 83.6 Å². The van der Waals surface area contributed by atoms with Crippen LogP contribution in [0.15, 0.2) is 78.1 Å². The van der Waals surface area contributed by atoms with E-state index in [4.69, 9.17) is 16.6 Å². The van der Waals surface area contributed by atoms with Gasteiger partial charge in [0.15, 0.2) is 10.3 Å². The summed E-state index contributed by atoms with van der Waals surface area (Å²) >= 11 is 7.50. The van der Waals surface area contributed by atoms with E-state index in [0.717, 1.165) is 29.2 Å². The second-order valence-corrected chi connectivity index (χ2v) is 8.53. The molecule has 30 heavy (non-hydrogen) atoms. The van der Waals surface area contributed by atoms with Gasteiger partial charge < -0.3 is 9.88 Å². The minimum Gasteiger partial charge on any atom is -0.322 e. The van der Waals surface area contributed by atoms with Gasteiger partial charge in [-0.15, -0.1) is 0 Å². The van der Waals surface area contributed by atoms with Gasteiger partial charge in [-0.2, -0.15) is 0 Å². The number of halogens is 1. The summed E-state index contributed by atoms with van der Waals surface area (Å²) in [7, 11) is 0. The highest BCUT2D eigenvalue weighted by Gasteiger charge is 2.20. The fraction of sp³-hybridized carbons (Fsp3) is 0.174. The molecule has 4 rings (SSSR count). The maximum atomic E-state index is 12.7. The van der Waals surface area contributed by atoms with E-state index in [2.05, 4.69) is 33.1 Å². The predicted octanol–water partition coefficient (Wildman–Crippen LogP) is 5.45. The Bertz CT molecular complexity index is 1160. The molecule has 1 unspecified atom stereocenters. The molecule has 1 amide bonds. The molecule has 4 aromatic rings. The van der Waals surface area contributed by atoms with Crippen molar-refractivity contribution in [3.8, 4) is 0 Å². The number of amides is 1. The Balaban J connectivity index is 1.54. The number of hydrogen-bond acceptors (Lipinski definition) is 4. The van der Waals surface area contributed by atoms with Crippen molar-refractivity contribution in [3.63, 3.8) is 0 Å². The Kier molecular flexibility index (Phi) is 6.35. The Morgan fingerprint density at radius 1 is 1.10 bits per heavy atom. The molecule has 2 aromatic carbocycles. The van der Waals surface area contributed by atoms with Gasteiger partial charge in [0.25, 0.3) is 0 Å². The van der Waals surface area contributed by atoms with Crippen LogP contribution in [0.25, 0.3) is 11.0 Å². The fourth-order valence-electron chi connectivity index (χ4n) is 3.17. The van der Waals surface area contributed by atoms with Gasteiger partial charge in [0.2, 0.25) is 5.91 Å². The molecular formula is C23H21ClN4OS. The number of benzene rings is 2. The molecule has 1 N–H and O–H groups in total. The van der Waals surface area contributed by atoms with Crippen LogP contribution in [0.4, 0.5) is 5.69 Å². The SMILES string of the molecule is CC(Sc1nc2ccccc2n1CCc1ccccc1)C(=O)Nc1cccnc1Cl. The Hall–Kier alpha value is -2.83. The van der Waals surface area contributed by atoms with E-state index in [1.54, 1.807) is 18.3 Å². The molecule has 0 fully saturated rings. The zero-order valence-corrected chi connectivity index (χ0v) is 18.0. The molecule has 0 saturated heterocycles. The minimum atomic E-state index is -0.353. The van der Waals surface area contributed by atoms with Gasteiger partial charge in [0.1, 0.15) is 0 Å². The predicted molar refractivity (Wildman–Crippen MR) is 123 cm³/mol. The summed E-state index contributed by atoms with van der Waals surface area (Å²) in [5, 5.41) is 3.60. The zero-order chi connectivity index (χ0) is 20.9. The number of imidazole rings is 1. The van der Waals surface area contributed by atoms with E-state index in [1.807, 2.05) is 43.3 Å². The number of anilines is 1. The molecule has 0 saturated carbocycles. The number of para-hydroxylation sites is 2. The highest BCUT2D eigenvalue weighted by atomic mass is 35.5. The number of thioether (sulfide) groups is 1. The van der Waals surface area contributed by atoms with Crippen LogP contribution in [0.1, 0.15) is 12.5 Å². The molecule has 0 aliphatic heterocycles. The highest BCUT2D eigenvalue weighted by Crippen LogP contribution is 2.29. The lowest BCUT2D eigenvalue weighted by Crippen LogP contribution is -2.23. The second-order valence-electron chi connectivity index (χ2n) is 6.86. The molecule has 5 nitrogen and oxygen atoms in total. The third-order valence-corrected chi connectivity index (χ3v) is 6.15. The van der Waals surface area contributed by atoms with Gasteiger partial charge in [-0.1, -0.05) is 65.8 Å². The number of nitrogens with zero attached hydrogens (tertiary/aromatic N) is 3. The van der Waals surface area contributed by atoms with Crippen LogP contribution in [0.5, 0.6) is 0 Å². The Morgan fingerprint density at radius 2 is 1.87 bits per heavy atom. The van der Waals surface area contributed by atoms with Gasteiger partial charge in [-0.05, 0) is 43.2 Å². The van der Waals surface area contributed by atoms with E-state index in [-0.39, 0.29) is 16.3 Å². The summed E-state index contributed by atoms with van der Waals surface area (Å²) < 4.78 is 2.19. The quantitative estimate of drug-likeness (QED) is 0.309. The number of rotatable bonds is 7. The molecule has 7 heteroatoms. The van der Waals surface area contributed by atoms with Crippen LogP contribution in [-0.2, 0) is 17.8 Å². The van der Waals surface area contributed by atoms with Gasteiger partial charge in [-0.3, -0.25) is 4.79 Å². The maximum absolute atomic E-state index is 12.7. The Morgan fingerprint density at radius 3 is 2.67 bits per heavy atom. The molecular weight excluding hydrogens is 416 g/mol. The fourth-order valence-corrected chi connectivity index (χ4v) is 4.29. The number of aryl methyl sites for hydroxylation is 2. The summed E-state index contributed by atoms with van der Waals surface area (Å²) in [5.41, 5.74) is 3.77. The topological polar surface area (TPSA) is 59.8 Å². The minimum absolute atomic E-state index is 0.142. The number of carbonyl (C=O) groups excluding carboxylic acids is 1. The van der Waals surface area contributed by atoms with Crippen LogP contribution in [0.2, 0.25) is 5.15 Å². The summed E-state index contributed by atoms with van der Waals surface area (Å²) in [6, 6.07) is 21.9. The number of pyridine rings is 1. The highest BCUT2D eigenvalue weighted by molar-refractivity contribution is 8.00. The average molecular weight is 437 g/mol.